The predicted molar refractivity (Wildman–Crippen MR) is 87.4 cm³/mol. The molecule has 3 rings (SSSR count). The van der Waals surface area contributed by atoms with Gasteiger partial charge in [0.1, 0.15) is 5.82 Å². The van der Waals surface area contributed by atoms with E-state index in [1.807, 2.05) is 36.1 Å². The van der Waals surface area contributed by atoms with E-state index >= 15 is 0 Å². The highest BCUT2D eigenvalue weighted by Gasteiger charge is 2.13. The maximum Gasteiger partial charge on any atom is 0.125 e. The molecule has 0 saturated carbocycles. The van der Waals surface area contributed by atoms with Crippen molar-refractivity contribution < 1.29 is 4.39 Å². The van der Waals surface area contributed by atoms with Crippen molar-refractivity contribution >= 4 is 27.8 Å². The fourth-order valence-electron chi connectivity index (χ4n) is 2.66. The first-order chi connectivity index (χ1) is 10.2. The van der Waals surface area contributed by atoms with Gasteiger partial charge < -0.3 is 10.6 Å². The van der Waals surface area contributed by atoms with Crippen LogP contribution in [0.15, 0.2) is 60.7 Å². The standard InChI is InChI=1S/C18H17FN2/c1-2-21(18-12-14(19)10-11-16(18)20)17-9-5-7-13-6-3-4-8-15(13)17/h3-12H,2,20H2,1H3. The average Bonchev–Trinajstić information content (AvgIpc) is 2.51. The number of anilines is 3. The van der Waals surface area contributed by atoms with Gasteiger partial charge in [0.05, 0.1) is 11.4 Å². The number of nitrogens with zero attached hydrogens (tertiary/aromatic N) is 1. The Hall–Kier alpha value is -2.55. The van der Waals surface area contributed by atoms with Crippen molar-refractivity contribution in [1.29, 1.82) is 0 Å². The van der Waals surface area contributed by atoms with Gasteiger partial charge in [0.25, 0.3) is 0 Å². The maximum atomic E-state index is 13.6. The highest BCUT2D eigenvalue weighted by molar-refractivity contribution is 5.97. The van der Waals surface area contributed by atoms with Crippen LogP contribution in [-0.4, -0.2) is 6.54 Å². The van der Waals surface area contributed by atoms with Crippen LogP contribution in [0.1, 0.15) is 6.92 Å². The summed E-state index contributed by atoms with van der Waals surface area (Å²) in [7, 11) is 0. The molecule has 0 aliphatic rings. The van der Waals surface area contributed by atoms with Gasteiger partial charge in [0.15, 0.2) is 0 Å². The number of rotatable bonds is 3. The summed E-state index contributed by atoms with van der Waals surface area (Å²) in [5, 5.41) is 2.29. The Balaban J connectivity index is 2.21. The Morgan fingerprint density at radius 2 is 1.71 bits per heavy atom. The number of halogens is 1. The minimum Gasteiger partial charge on any atom is -0.397 e. The second-order valence-corrected chi connectivity index (χ2v) is 4.95. The predicted octanol–water partition coefficient (Wildman–Crippen LogP) is 4.72. The molecular weight excluding hydrogens is 263 g/mol. The van der Waals surface area contributed by atoms with Crippen molar-refractivity contribution in [3.63, 3.8) is 0 Å². The van der Waals surface area contributed by atoms with Gasteiger partial charge >= 0.3 is 0 Å². The van der Waals surface area contributed by atoms with Crippen LogP contribution < -0.4 is 10.6 Å². The molecule has 0 unspecified atom stereocenters. The highest BCUT2D eigenvalue weighted by atomic mass is 19.1. The Labute approximate surface area is 123 Å². The molecule has 0 radical (unpaired) electrons. The van der Waals surface area contributed by atoms with Crippen molar-refractivity contribution in [2.45, 2.75) is 6.92 Å². The summed E-state index contributed by atoms with van der Waals surface area (Å²) in [4.78, 5) is 2.04. The number of benzene rings is 3. The molecule has 0 bridgehead atoms. The van der Waals surface area contributed by atoms with Crippen molar-refractivity contribution in [2.75, 3.05) is 17.2 Å². The third kappa shape index (κ3) is 2.42. The molecule has 3 aromatic rings. The maximum absolute atomic E-state index is 13.6. The Morgan fingerprint density at radius 3 is 2.52 bits per heavy atom. The van der Waals surface area contributed by atoms with E-state index in [0.29, 0.717) is 17.9 Å². The number of fused-ring (bicyclic) bond motifs is 1. The minimum absolute atomic E-state index is 0.280. The Bertz CT molecular complexity index is 778. The molecule has 0 aliphatic heterocycles. The normalized spacial score (nSPS) is 10.8. The van der Waals surface area contributed by atoms with E-state index in [0.717, 1.165) is 16.5 Å². The van der Waals surface area contributed by atoms with E-state index in [-0.39, 0.29) is 5.82 Å². The lowest BCUT2D eigenvalue weighted by molar-refractivity contribution is 0.628. The molecule has 2 nitrogen and oxygen atoms in total. The van der Waals surface area contributed by atoms with Crippen LogP contribution in [0, 0.1) is 5.82 Å². The van der Waals surface area contributed by atoms with Crippen molar-refractivity contribution in [2.24, 2.45) is 0 Å². The zero-order valence-electron chi connectivity index (χ0n) is 11.9. The third-order valence-electron chi connectivity index (χ3n) is 3.66. The second kappa shape index (κ2) is 5.44. The molecule has 0 amide bonds. The van der Waals surface area contributed by atoms with Crippen LogP contribution in [0.3, 0.4) is 0 Å². The molecule has 0 fully saturated rings. The van der Waals surface area contributed by atoms with Gasteiger partial charge in [-0.1, -0.05) is 36.4 Å². The van der Waals surface area contributed by atoms with Gasteiger partial charge in [-0.25, -0.2) is 4.39 Å². The van der Waals surface area contributed by atoms with E-state index in [1.54, 1.807) is 6.07 Å². The number of nitrogen functional groups attached to an aromatic ring is 1. The van der Waals surface area contributed by atoms with Gasteiger partial charge in [-0.2, -0.15) is 0 Å². The minimum atomic E-state index is -0.280. The highest BCUT2D eigenvalue weighted by Crippen LogP contribution is 2.35. The molecule has 0 spiro atoms. The summed E-state index contributed by atoms with van der Waals surface area (Å²) in [5.41, 5.74) is 8.35. The van der Waals surface area contributed by atoms with E-state index in [9.17, 15) is 4.39 Å². The van der Waals surface area contributed by atoms with E-state index in [4.69, 9.17) is 5.73 Å². The van der Waals surface area contributed by atoms with E-state index in [2.05, 4.69) is 18.2 Å². The van der Waals surface area contributed by atoms with Crippen LogP contribution in [0.25, 0.3) is 10.8 Å². The quantitative estimate of drug-likeness (QED) is 0.703. The van der Waals surface area contributed by atoms with E-state index in [1.165, 1.54) is 12.1 Å². The smallest absolute Gasteiger partial charge is 0.125 e. The van der Waals surface area contributed by atoms with Gasteiger partial charge in [-0.15, -0.1) is 0 Å². The topological polar surface area (TPSA) is 29.3 Å². The summed E-state index contributed by atoms with van der Waals surface area (Å²) in [6.07, 6.45) is 0. The van der Waals surface area contributed by atoms with Crippen LogP contribution in [-0.2, 0) is 0 Å². The number of hydrogen-bond acceptors (Lipinski definition) is 2. The molecule has 0 heterocycles. The third-order valence-corrected chi connectivity index (χ3v) is 3.66. The van der Waals surface area contributed by atoms with Gasteiger partial charge in [0, 0.05) is 17.6 Å². The Morgan fingerprint density at radius 1 is 0.952 bits per heavy atom. The molecule has 2 N–H and O–H groups in total. The summed E-state index contributed by atoms with van der Waals surface area (Å²) in [6, 6.07) is 18.8. The van der Waals surface area contributed by atoms with Gasteiger partial charge in [0.2, 0.25) is 0 Å². The fraction of sp³-hybridized carbons (Fsp3) is 0.111. The molecule has 21 heavy (non-hydrogen) atoms. The lowest BCUT2D eigenvalue weighted by Gasteiger charge is -2.26. The summed E-state index contributed by atoms with van der Waals surface area (Å²) in [5.74, 6) is -0.280. The van der Waals surface area contributed by atoms with Gasteiger partial charge in [-0.05, 0) is 36.6 Å². The largest absolute Gasteiger partial charge is 0.397 e. The first-order valence-corrected chi connectivity index (χ1v) is 7.01. The molecule has 106 valence electrons. The molecule has 3 heteroatoms. The fourth-order valence-corrected chi connectivity index (χ4v) is 2.66. The molecule has 0 aliphatic carbocycles. The first-order valence-electron chi connectivity index (χ1n) is 7.01. The SMILES string of the molecule is CCN(c1cc(F)ccc1N)c1cccc2ccccc12. The second-order valence-electron chi connectivity index (χ2n) is 4.95. The lowest BCUT2D eigenvalue weighted by atomic mass is 10.1. The molecule has 0 saturated heterocycles. The molecule has 3 aromatic carbocycles. The zero-order chi connectivity index (χ0) is 14.8. The number of nitrogens with two attached hydrogens (primary N) is 1. The van der Waals surface area contributed by atoms with Crippen molar-refractivity contribution in [1.82, 2.24) is 0 Å². The van der Waals surface area contributed by atoms with Crippen LogP contribution in [0.5, 0.6) is 0 Å². The van der Waals surface area contributed by atoms with Crippen molar-refractivity contribution in [3.05, 3.63) is 66.5 Å². The van der Waals surface area contributed by atoms with Crippen LogP contribution in [0.4, 0.5) is 21.5 Å². The van der Waals surface area contributed by atoms with Crippen LogP contribution >= 0.6 is 0 Å². The molecule has 0 atom stereocenters. The Kier molecular flexibility index (Phi) is 3.48. The van der Waals surface area contributed by atoms with Crippen molar-refractivity contribution in [3.8, 4) is 0 Å². The molecule has 0 aromatic heterocycles. The van der Waals surface area contributed by atoms with Gasteiger partial charge in [-0.3, -0.25) is 0 Å². The van der Waals surface area contributed by atoms with Crippen LogP contribution in [0.2, 0.25) is 0 Å². The lowest BCUT2D eigenvalue weighted by Crippen LogP contribution is -2.18. The first kappa shape index (κ1) is 13.4. The summed E-state index contributed by atoms with van der Waals surface area (Å²) in [6.45, 7) is 2.74. The number of hydrogen-bond donors (Lipinski definition) is 1. The molecular formula is C18H17FN2. The zero-order valence-corrected chi connectivity index (χ0v) is 11.9. The summed E-state index contributed by atoms with van der Waals surface area (Å²) >= 11 is 0. The summed E-state index contributed by atoms with van der Waals surface area (Å²) < 4.78 is 13.6. The average molecular weight is 280 g/mol. The monoisotopic (exact) mass is 280 g/mol. The van der Waals surface area contributed by atoms with E-state index < -0.39 is 0 Å².